The van der Waals surface area contributed by atoms with Gasteiger partial charge < -0.3 is 15.0 Å². The smallest absolute Gasteiger partial charge is 0.257 e. The van der Waals surface area contributed by atoms with Crippen molar-refractivity contribution in [2.75, 3.05) is 18.4 Å². The predicted octanol–water partition coefficient (Wildman–Crippen LogP) is 2.55. The maximum absolute atomic E-state index is 14.5. The van der Waals surface area contributed by atoms with Crippen LogP contribution < -0.4 is 15.6 Å². The SMILES string of the molecule is CC(C(=O)Nc1ccc(OC2CCC2)nn1)N1CCC(F)(F)C(c2ccc(=O)[nH]c2)C1. The molecule has 8 nitrogen and oxygen atoms in total. The minimum Gasteiger partial charge on any atom is -0.473 e. The molecular formula is C21H25F2N5O3. The van der Waals surface area contributed by atoms with Gasteiger partial charge in [-0.2, -0.15) is 0 Å². The second-order valence-electron chi connectivity index (χ2n) is 8.14. The fourth-order valence-electron chi connectivity index (χ4n) is 3.77. The zero-order chi connectivity index (χ0) is 22.0. The Balaban J connectivity index is 1.38. The first kappa shape index (κ1) is 21.4. The highest BCUT2D eigenvalue weighted by atomic mass is 19.3. The average molecular weight is 433 g/mol. The van der Waals surface area contributed by atoms with Gasteiger partial charge in [0.1, 0.15) is 6.10 Å². The monoisotopic (exact) mass is 433 g/mol. The molecule has 2 aromatic heterocycles. The highest BCUT2D eigenvalue weighted by Crippen LogP contribution is 2.40. The van der Waals surface area contributed by atoms with Crippen molar-refractivity contribution in [1.82, 2.24) is 20.1 Å². The first-order valence-corrected chi connectivity index (χ1v) is 10.4. The second kappa shape index (κ2) is 8.70. The molecule has 1 amide bonds. The van der Waals surface area contributed by atoms with Crippen LogP contribution in [0.5, 0.6) is 5.88 Å². The molecule has 0 aromatic carbocycles. The van der Waals surface area contributed by atoms with Crippen molar-refractivity contribution < 1.29 is 18.3 Å². The fraction of sp³-hybridized carbons (Fsp3) is 0.524. The fourth-order valence-corrected chi connectivity index (χ4v) is 3.77. The molecule has 4 rings (SSSR count). The summed E-state index contributed by atoms with van der Waals surface area (Å²) in [4.78, 5) is 28.1. The number of amides is 1. The van der Waals surface area contributed by atoms with Gasteiger partial charge in [0.15, 0.2) is 5.82 Å². The van der Waals surface area contributed by atoms with Gasteiger partial charge in [-0.1, -0.05) is 6.07 Å². The van der Waals surface area contributed by atoms with Gasteiger partial charge in [-0.05, 0) is 37.8 Å². The number of carbonyl (C=O) groups excluding carboxylic acids is 1. The standard InChI is InChI=1S/C21H25F2N5O3/c1-13(20(30)25-17-6-8-19(27-26-17)31-15-3-2-4-15)28-10-9-21(22,23)16(12-28)14-5-7-18(29)24-11-14/h5-8,11,13,15-16H,2-4,9-10,12H2,1H3,(H,24,29)(H,25,26,30). The zero-order valence-electron chi connectivity index (χ0n) is 17.2. The summed E-state index contributed by atoms with van der Waals surface area (Å²) < 4.78 is 34.7. The maximum Gasteiger partial charge on any atom is 0.257 e. The molecule has 2 aliphatic rings. The minimum absolute atomic E-state index is 0.00647. The number of rotatable bonds is 6. The van der Waals surface area contributed by atoms with E-state index in [4.69, 9.17) is 4.74 Å². The van der Waals surface area contributed by atoms with Crippen LogP contribution in [-0.4, -0.2) is 57.1 Å². The zero-order valence-corrected chi connectivity index (χ0v) is 17.2. The van der Waals surface area contributed by atoms with Crippen LogP contribution in [0.25, 0.3) is 0 Å². The molecule has 2 atom stereocenters. The number of pyridine rings is 1. The van der Waals surface area contributed by atoms with Crippen LogP contribution in [0.3, 0.4) is 0 Å². The Kier molecular flexibility index (Phi) is 5.99. The number of piperidine rings is 1. The molecule has 2 aromatic rings. The highest BCUT2D eigenvalue weighted by Gasteiger charge is 2.46. The van der Waals surface area contributed by atoms with E-state index in [9.17, 15) is 18.4 Å². The average Bonchev–Trinajstić information content (AvgIpc) is 2.72. The molecular weight excluding hydrogens is 408 g/mol. The summed E-state index contributed by atoms with van der Waals surface area (Å²) in [6.07, 6.45) is 4.29. The summed E-state index contributed by atoms with van der Waals surface area (Å²) in [7, 11) is 0. The number of nitrogens with one attached hydrogen (secondary N) is 2. The van der Waals surface area contributed by atoms with E-state index in [0.717, 1.165) is 19.3 Å². The number of ether oxygens (including phenoxy) is 1. The maximum atomic E-state index is 14.5. The summed E-state index contributed by atoms with van der Waals surface area (Å²) in [5, 5.41) is 10.6. The molecule has 1 aliphatic heterocycles. The van der Waals surface area contributed by atoms with Crippen LogP contribution in [0.4, 0.5) is 14.6 Å². The summed E-state index contributed by atoms with van der Waals surface area (Å²) in [5.74, 6) is -3.70. The van der Waals surface area contributed by atoms with Crippen LogP contribution in [-0.2, 0) is 4.79 Å². The Bertz CT molecular complexity index is 957. The van der Waals surface area contributed by atoms with Gasteiger partial charge in [0.05, 0.1) is 12.0 Å². The minimum atomic E-state index is -2.92. The normalized spacial score (nSPS) is 22.4. The number of nitrogens with zero attached hydrogens (tertiary/aromatic N) is 3. The Morgan fingerprint density at radius 1 is 1.29 bits per heavy atom. The number of aromatic nitrogens is 3. The van der Waals surface area contributed by atoms with E-state index in [1.807, 2.05) is 0 Å². The van der Waals surface area contributed by atoms with E-state index >= 15 is 0 Å². The number of hydrogen-bond acceptors (Lipinski definition) is 6. The third-order valence-corrected chi connectivity index (χ3v) is 6.03. The lowest BCUT2D eigenvalue weighted by Crippen LogP contribution is -2.52. The summed E-state index contributed by atoms with van der Waals surface area (Å²) >= 11 is 0. The number of likely N-dealkylation sites (tertiary alicyclic amines) is 1. The van der Waals surface area contributed by atoms with Gasteiger partial charge in [0.2, 0.25) is 17.3 Å². The van der Waals surface area contributed by atoms with Gasteiger partial charge in [-0.25, -0.2) is 8.78 Å². The van der Waals surface area contributed by atoms with Crippen molar-refractivity contribution in [2.24, 2.45) is 0 Å². The lowest BCUT2D eigenvalue weighted by atomic mass is 9.87. The van der Waals surface area contributed by atoms with Crippen molar-refractivity contribution in [3.63, 3.8) is 0 Å². The molecule has 0 radical (unpaired) electrons. The molecule has 0 bridgehead atoms. The Morgan fingerprint density at radius 2 is 2.10 bits per heavy atom. The van der Waals surface area contributed by atoms with Crippen LogP contribution in [0.2, 0.25) is 0 Å². The molecule has 1 saturated carbocycles. The van der Waals surface area contributed by atoms with Crippen molar-refractivity contribution in [1.29, 1.82) is 0 Å². The topological polar surface area (TPSA) is 100 Å². The lowest BCUT2D eigenvalue weighted by Gasteiger charge is -2.40. The molecule has 2 N–H and O–H groups in total. The summed E-state index contributed by atoms with van der Waals surface area (Å²) in [6.45, 7) is 1.75. The molecule has 10 heteroatoms. The molecule has 1 saturated heterocycles. The first-order chi connectivity index (χ1) is 14.8. The summed E-state index contributed by atoms with van der Waals surface area (Å²) in [5.41, 5.74) is -0.00693. The second-order valence-corrected chi connectivity index (χ2v) is 8.14. The van der Waals surface area contributed by atoms with Crippen molar-refractivity contribution in [3.8, 4) is 5.88 Å². The van der Waals surface area contributed by atoms with Gasteiger partial charge in [0.25, 0.3) is 5.92 Å². The Morgan fingerprint density at radius 3 is 2.71 bits per heavy atom. The molecule has 2 unspecified atom stereocenters. The van der Waals surface area contributed by atoms with Crippen LogP contribution >= 0.6 is 0 Å². The van der Waals surface area contributed by atoms with Gasteiger partial charge in [0, 0.05) is 37.8 Å². The molecule has 31 heavy (non-hydrogen) atoms. The van der Waals surface area contributed by atoms with E-state index < -0.39 is 17.9 Å². The number of H-pyrrole nitrogens is 1. The van der Waals surface area contributed by atoms with E-state index in [0.29, 0.717) is 11.4 Å². The lowest BCUT2D eigenvalue weighted by molar-refractivity contribution is -0.125. The largest absolute Gasteiger partial charge is 0.473 e. The van der Waals surface area contributed by atoms with Crippen LogP contribution in [0.15, 0.2) is 35.3 Å². The number of hydrogen-bond donors (Lipinski definition) is 2. The Hall–Kier alpha value is -2.88. The Labute approximate surface area is 178 Å². The van der Waals surface area contributed by atoms with Gasteiger partial charge in [-0.15, -0.1) is 10.2 Å². The molecule has 166 valence electrons. The van der Waals surface area contributed by atoms with E-state index in [2.05, 4.69) is 20.5 Å². The van der Waals surface area contributed by atoms with Crippen molar-refractivity contribution in [2.45, 2.75) is 56.6 Å². The number of halogens is 2. The van der Waals surface area contributed by atoms with Crippen LogP contribution in [0.1, 0.15) is 44.1 Å². The van der Waals surface area contributed by atoms with Gasteiger partial charge in [-0.3, -0.25) is 14.5 Å². The number of alkyl halides is 2. The van der Waals surface area contributed by atoms with E-state index in [1.54, 1.807) is 24.0 Å². The number of anilines is 1. The third kappa shape index (κ3) is 4.90. The van der Waals surface area contributed by atoms with E-state index in [-0.39, 0.29) is 42.9 Å². The quantitative estimate of drug-likeness (QED) is 0.726. The molecule has 1 aliphatic carbocycles. The molecule has 2 fully saturated rings. The van der Waals surface area contributed by atoms with E-state index in [1.165, 1.54) is 18.3 Å². The van der Waals surface area contributed by atoms with Gasteiger partial charge >= 0.3 is 0 Å². The highest BCUT2D eigenvalue weighted by molar-refractivity contribution is 5.93. The molecule has 3 heterocycles. The number of carbonyl (C=O) groups is 1. The number of aromatic amines is 1. The molecule has 0 spiro atoms. The predicted molar refractivity (Wildman–Crippen MR) is 109 cm³/mol. The first-order valence-electron chi connectivity index (χ1n) is 10.4. The third-order valence-electron chi connectivity index (χ3n) is 6.03. The van der Waals surface area contributed by atoms with Crippen molar-refractivity contribution in [3.05, 3.63) is 46.4 Å². The van der Waals surface area contributed by atoms with Crippen LogP contribution in [0, 0.1) is 0 Å². The van der Waals surface area contributed by atoms with Crippen molar-refractivity contribution >= 4 is 11.7 Å². The summed E-state index contributed by atoms with van der Waals surface area (Å²) in [6, 6.07) is 5.26.